The van der Waals surface area contributed by atoms with E-state index in [0.29, 0.717) is 11.6 Å². The number of nitrogens with one attached hydrogen (secondary N) is 1. The number of pyridine rings is 2. The lowest BCUT2D eigenvalue weighted by molar-refractivity contribution is 0.460. The molecule has 0 aliphatic rings. The summed E-state index contributed by atoms with van der Waals surface area (Å²) in [5.41, 5.74) is 2.09. The summed E-state index contributed by atoms with van der Waals surface area (Å²) in [7, 11) is 1.91. The summed E-state index contributed by atoms with van der Waals surface area (Å²) < 4.78 is 5.77. The van der Waals surface area contributed by atoms with Crippen molar-refractivity contribution in [3.05, 3.63) is 60.4 Å². The van der Waals surface area contributed by atoms with Gasteiger partial charge >= 0.3 is 0 Å². The topological polar surface area (TPSA) is 47.0 Å². The molecule has 3 aromatic rings. The summed E-state index contributed by atoms with van der Waals surface area (Å²) in [6, 6.07) is 13.8. The van der Waals surface area contributed by atoms with Crippen LogP contribution in [0.2, 0.25) is 0 Å². The summed E-state index contributed by atoms with van der Waals surface area (Å²) in [4.78, 5) is 8.59. The first-order valence-electron chi connectivity index (χ1n) is 6.47. The maximum atomic E-state index is 5.77. The third-order valence-corrected chi connectivity index (χ3v) is 2.97. The molecule has 1 N–H and O–H groups in total. The Morgan fingerprint density at radius 2 is 2.00 bits per heavy atom. The molecule has 0 spiro atoms. The number of benzene rings is 1. The molecule has 0 saturated heterocycles. The van der Waals surface area contributed by atoms with Gasteiger partial charge in [-0.05, 0) is 30.8 Å². The zero-order valence-corrected chi connectivity index (χ0v) is 11.2. The second-order valence-corrected chi connectivity index (χ2v) is 4.50. The molecular formula is C16H15N3O. The number of aromatic nitrogens is 2. The van der Waals surface area contributed by atoms with E-state index in [0.717, 1.165) is 23.0 Å². The van der Waals surface area contributed by atoms with E-state index in [2.05, 4.69) is 15.3 Å². The molecule has 20 heavy (non-hydrogen) atoms. The van der Waals surface area contributed by atoms with E-state index in [4.69, 9.17) is 4.74 Å². The van der Waals surface area contributed by atoms with E-state index < -0.39 is 0 Å². The first kappa shape index (κ1) is 12.6. The van der Waals surface area contributed by atoms with E-state index >= 15 is 0 Å². The lowest BCUT2D eigenvalue weighted by atomic mass is 10.2. The summed E-state index contributed by atoms with van der Waals surface area (Å²) >= 11 is 0. The van der Waals surface area contributed by atoms with Gasteiger partial charge < -0.3 is 10.1 Å². The highest BCUT2D eigenvalue weighted by molar-refractivity contribution is 5.79. The highest BCUT2D eigenvalue weighted by atomic mass is 16.5. The van der Waals surface area contributed by atoms with Gasteiger partial charge in [0.05, 0.1) is 11.7 Å². The number of hydrogen-bond acceptors (Lipinski definition) is 4. The Bertz CT molecular complexity index is 727. The first-order chi connectivity index (χ1) is 9.85. The quantitative estimate of drug-likeness (QED) is 0.787. The number of para-hydroxylation sites is 1. The van der Waals surface area contributed by atoms with Gasteiger partial charge in [0.25, 0.3) is 0 Å². The van der Waals surface area contributed by atoms with E-state index in [1.807, 2.05) is 49.5 Å². The fourth-order valence-electron chi connectivity index (χ4n) is 2.05. The summed E-state index contributed by atoms with van der Waals surface area (Å²) in [6.45, 7) is 0.787. The molecule has 0 amide bonds. The molecule has 0 atom stereocenters. The lowest BCUT2D eigenvalue weighted by Crippen LogP contribution is -2.05. The second kappa shape index (κ2) is 5.67. The van der Waals surface area contributed by atoms with Crippen LogP contribution in [0.3, 0.4) is 0 Å². The molecule has 4 nitrogen and oxygen atoms in total. The summed E-state index contributed by atoms with van der Waals surface area (Å²) in [5.74, 6) is 1.27. The molecule has 2 heterocycles. The van der Waals surface area contributed by atoms with E-state index in [9.17, 15) is 0 Å². The standard InChI is InChI=1S/C16H15N3O/c1-17-10-12-6-7-18-16(8-12)20-14-9-13-4-2-3-5-15(13)19-11-14/h2-9,11,17H,10H2,1H3. The van der Waals surface area contributed by atoms with Crippen LogP contribution in [0.4, 0.5) is 0 Å². The Morgan fingerprint density at radius 1 is 1.10 bits per heavy atom. The molecule has 100 valence electrons. The molecule has 0 aliphatic carbocycles. The highest BCUT2D eigenvalue weighted by Crippen LogP contribution is 2.23. The molecule has 0 fully saturated rings. The van der Waals surface area contributed by atoms with Gasteiger partial charge in [-0.15, -0.1) is 0 Å². The summed E-state index contributed by atoms with van der Waals surface area (Å²) in [5, 5.41) is 4.16. The van der Waals surface area contributed by atoms with Crippen molar-refractivity contribution in [2.24, 2.45) is 0 Å². The van der Waals surface area contributed by atoms with Crippen LogP contribution in [0.5, 0.6) is 11.6 Å². The van der Waals surface area contributed by atoms with Crippen LogP contribution in [0, 0.1) is 0 Å². The molecule has 4 heteroatoms. The lowest BCUT2D eigenvalue weighted by Gasteiger charge is -2.07. The van der Waals surface area contributed by atoms with Crippen molar-refractivity contribution in [2.45, 2.75) is 6.54 Å². The third kappa shape index (κ3) is 2.75. The molecule has 0 radical (unpaired) electrons. The number of ether oxygens (including phenoxy) is 1. The van der Waals surface area contributed by atoms with Crippen molar-refractivity contribution in [1.82, 2.24) is 15.3 Å². The van der Waals surface area contributed by atoms with Gasteiger partial charge in [-0.3, -0.25) is 4.98 Å². The van der Waals surface area contributed by atoms with Crippen LogP contribution in [-0.2, 0) is 6.54 Å². The van der Waals surface area contributed by atoms with Gasteiger partial charge in [0.15, 0.2) is 0 Å². The van der Waals surface area contributed by atoms with Gasteiger partial charge in [0, 0.05) is 24.2 Å². The van der Waals surface area contributed by atoms with Crippen molar-refractivity contribution in [3.8, 4) is 11.6 Å². The SMILES string of the molecule is CNCc1ccnc(Oc2cnc3ccccc3c2)c1. The highest BCUT2D eigenvalue weighted by Gasteiger charge is 2.02. The van der Waals surface area contributed by atoms with Gasteiger partial charge in [-0.1, -0.05) is 18.2 Å². The van der Waals surface area contributed by atoms with Crippen molar-refractivity contribution in [3.63, 3.8) is 0 Å². The van der Waals surface area contributed by atoms with Crippen LogP contribution >= 0.6 is 0 Å². The van der Waals surface area contributed by atoms with Crippen LogP contribution in [0.25, 0.3) is 10.9 Å². The van der Waals surface area contributed by atoms with Crippen molar-refractivity contribution < 1.29 is 4.74 Å². The van der Waals surface area contributed by atoms with E-state index in [1.165, 1.54) is 0 Å². The minimum absolute atomic E-state index is 0.579. The first-order valence-corrected chi connectivity index (χ1v) is 6.47. The van der Waals surface area contributed by atoms with Crippen LogP contribution in [0.15, 0.2) is 54.9 Å². The maximum Gasteiger partial charge on any atom is 0.219 e. The Balaban J connectivity index is 1.87. The largest absolute Gasteiger partial charge is 0.437 e. The molecule has 0 aliphatic heterocycles. The maximum absolute atomic E-state index is 5.77. The molecule has 0 unspecified atom stereocenters. The Hall–Kier alpha value is -2.46. The molecule has 1 aromatic carbocycles. The van der Waals surface area contributed by atoms with Crippen molar-refractivity contribution >= 4 is 10.9 Å². The van der Waals surface area contributed by atoms with Gasteiger partial charge in [0.1, 0.15) is 5.75 Å². The number of fused-ring (bicyclic) bond motifs is 1. The fourth-order valence-corrected chi connectivity index (χ4v) is 2.05. The monoisotopic (exact) mass is 265 g/mol. The van der Waals surface area contributed by atoms with Gasteiger partial charge in [0.2, 0.25) is 5.88 Å². The number of rotatable bonds is 4. The van der Waals surface area contributed by atoms with E-state index in [1.54, 1.807) is 12.4 Å². The molecule has 0 bridgehead atoms. The predicted octanol–water partition coefficient (Wildman–Crippen LogP) is 3.14. The van der Waals surface area contributed by atoms with Crippen LogP contribution < -0.4 is 10.1 Å². The van der Waals surface area contributed by atoms with Gasteiger partial charge in [-0.25, -0.2) is 4.98 Å². The molecular weight excluding hydrogens is 250 g/mol. The van der Waals surface area contributed by atoms with Crippen molar-refractivity contribution in [1.29, 1.82) is 0 Å². The predicted molar refractivity (Wildman–Crippen MR) is 78.8 cm³/mol. The van der Waals surface area contributed by atoms with Crippen LogP contribution in [-0.4, -0.2) is 17.0 Å². The Labute approximate surface area is 117 Å². The zero-order valence-electron chi connectivity index (χ0n) is 11.2. The Kier molecular flexibility index (Phi) is 3.56. The second-order valence-electron chi connectivity index (χ2n) is 4.50. The average molecular weight is 265 g/mol. The van der Waals surface area contributed by atoms with Crippen LogP contribution in [0.1, 0.15) is 5.56 Å². The Morgan fingerprint density at radius 3 is 2.90 bits per heavy atom. The molecule has 0 saturated carbocycles. The molecule has 2 aromatic heterocycles. The normalized spacial score (nSPS) is 10.7. The number of hydrogen-bond donors (Lipinski definition) is 1. The smallest absolute Gasteiger partial charge is 0.219 e. The summed E-state index contributed by atoms with van der Waals surface area (Å²) in [6.07, 6.45) is 3.46. The molecule has 3 rings (SSSR count). The minimum Gasteiger partial charge on any atom is -0.437 e. The van der Waals surface area contributed by atoms with Gasteiger partial charge in [-0.2, -0.15) is 0 Å². The number of nitrogens with zero attached hydrogens (tertiary/aromatic N) is 2. The third-order valence-electron chi connectivity index (χ3n) is 2.97. The minimum atomic E-state index is 0.579. The average Bonchev–Trinajstić information content (AvgIpc) is 2.48. The fraction of sp³-hybridized carbons (Fsp3) is 0.125. The zero-order chi connectivity index (χ0) is 13.8. The van der Waals surface area contributed by atoms with E-state index in [-0.39, 0.29) is 0 Å². The van der Waals surface area contributed by atoms with Crippen molar-refractivity contribution in [2.75, 3.05) is 7.05 Å².